The fourth-order valence-electron chi connectivity index (χ4n) is 1.55. The lowest BCUT2D eigenvalue weighted by molar-refractivity contribution is 0.156. The highest BCUT2D eigenvalue weighted by molar-refractivity contribution is 5.76. The normalized spacial score (nSPS) is 21.4. The van der Waals surface area contributed by atoms with E-state index in [1.54, 1.807) is 0 Å². The second kappa shape index (κ2) is 3.68. The number of aliphatic hydroxyl groups excluding tert-OH is 2. The van der Waals surface area contributed by atoms with Gasteiger partial charge in [-0.25, -0.2) is 0 Å². The van der Waals surface area contributed by atoms with Gasteiger partial charge in [-0.15, -0.1) is 0 Å². The van der Waals surface area contributed by atoms with Gasteiger partial charge in [0.15, 0.2) is 0 Å². The predicted molar refractivity (Wildman–Crippen MR) is 55.8 cm³/mol. The topological polar surface area (TPSA) is 40.5 Å². The zero-order chi connectivity index (χ0) is 9.97. The van der Waals surface area contributed by atoms with Crippen LogP contribution >= 0.6 is 0 Å². The van der Waals surface area contributed by atoms with Crippen molar-refractivity contribution in [3.63, 3.8) is 0 Å². The maximum Gasteiger partial charge on any atom is 0.129 e. The van der Waals surface area contributed by atoms with Crippen molar-refractivity contribution in [3.8, 4) is 0 Å². The maximum absolute atomic E-state index is 9.67. The molecule has 0 amide bonds. The molecule has 0 spiro atoms. The molecule has 2 nitrogen and oxygen atoms in total. The van der Waals surface area contributed by atoms with Crippen LogP contribution in [0.25, 0.3) is 5.57 Å². The Balaban J connectivity index is 2.44. The summed E-state index contributed by atoms with van der Waals surface area (Å²) < 4.78 is 0. The Bertz CT molecular complexity index is 377. The van der Waals surface area contributed by atoms with Crippen molar-refractivity contribution in [2.24, 2.45) is 0 Å². The summed E-state index contributed by atoms with van der Waals surface area (Å²) in [4.78, 5) is 0. The van der Waals surface area contributed by atoms with E-state index in [1.807, 2.05) is 42.5 Å². The molecule has 1 aliphatic carbocycles. The fourth-order valence-corrected chi connectivity index (χ4v) is 1.55. The summed E-state index contributed by atoms with van der Waals surface area (Å²) >= 11 is 0. The van der Waals surface area contributed by atoms with E-state index in [4.69, 9.17) is 0 Å². The summed E-state index contributed by atoms with van der Waals surface area (Å²) in [5, 5.41) is 19.1. The lowest BCUT2D eigenvalue weighted by Crippen LogP contribution is -2.13. The van der Waals surface area contributed by atoms with Gasteiger partial charge in [0.25, 0.3) is 0 Å². The Morgan fingerprint density at radius 2 is 1.86 bits per heavy atom. The lowest BCUT2D eigenvalue weighted by atomic mass is 9.96. The minimum absolute atomic E-state index is 0.0682. The summed E-state index contributed by atoms with van der Waals surface area (Å²) in [5.74, 6) is 0.0682. The number of benzene rings is 1. The molecule has 0 saturated carbocycles. The summed E-state index contributed by atoms with van der Waals surface area (Å²) in [7, 11) is 0. The third kappa shape index (κ3) is 1.56. The molecular formula is C12H12O2. The standard InChI is InChI=1S/C12H12O2/c13-11-8-4-7-10(12(11)14)9-5-2-1-3-6-9/h1-7,11,13-14H,8H2. The van der Waals surface area contributed by atoms with Gasteiger partial charge in [0.05, 0.1) is 0 Å². The molecule has 0 saturated heterocycles. The molecule has 0 fully saturated rings. The lowest BCUT2D eigenvalue weighted by Gasteiger charge is -2.16. The molecule has 1 atom stereocenters. The van der Waals surface area contributed by atoms with E-state index >= 15 is 0 Å². The van der Waals surface area contributed by atoms with E-state index in [1.165, 1.54) is 0 Å². The van der Waals surface area contributed by atoms with Crippen LogP contribution in [-0.4, -0.2) is 16.3 Å². The molecule has 0 aliphatic heterocycles. The average molecular weight is 188 g/mol. The van der Waals surface area contributed by atoms with Gasteiger partial charge in [-0.3, -0.25) is 0 Å². The molecule has 1 aromatic rings. The Kier molecular flexibility index (Phi) is 2.37. The van der Waals surface area contributed by atoms with Gasteiger partial charge in [-0.1, -0.05) is 42.5 Å². The van der Waals surface area contributed by atoms with Gasteiger partial charge in [-0.05, 0) is 12.0 Å². The molecule has 2 N–H and O–H groups in total. The Hall–Kier alpha value is -1.54. The van der Waals surface area contributed by atoms with Crippen LogP contribution in [0.2, 0.25) is 0 Å². The summed E-state index contributed by atoms with van der Waals surface area (Å²) in [6, 6.07) is 9.56. The predicted octanol–water partition coefficient (Wildman–Crippen LogP) is 2.28. The van der Waals surface area contributed by atoms with Crippen molar-refractivity contribution < 1.29 is 10.2 Å². The quantitative estimate of drug-likeness (QED) is 0.709. The van der Waals surface area contributed by atoms with E-state index < -0.39 is 6.10 Å². The van der Waals surface area contributed by atoms with Gasteiger partial charge in [0.2, 0.25) is 0 Å². The summed E-state index contributed by atoms with van der Waals surface area (Å²) in [6.07, 6.45) is 3.45. The Morgan fingerprint density at radius 3 is 2.57 bits per heavy atom. The highest BCUT2D eigenvalue weighted by Crippen LogP contribution is 2.25. The third-order valence-corrected chi connectivity index (χ3v) is 2.32. The first kappa shape index (κ1) is 9.03. The number of allylic oxidation sites excluding steroid dienone is 2. The van der Waals surface area contributed by atoms with Crippen molar-refractivity contribution >= 4 is 5.57 Å². The number of rotatable bonds is 1. The van der Waals surface area contributed by atoms with Crippen molar-refractivity contribution in [2.45, 2.75) is 12.5 Å². The minimum atomic E-state index is -0.754. The number of hydrogen-bond acceptors (Lipinski definition) is 2. The van der Waals surface area contributed by atoms with Gasteiger partial charge in [0, 0.05) is 5.57 Å². The molecule has 14 heavy (non-hydrogen) atoms. The van der Waals surface area contributed by atoms with Crippen LogP contribution in [-0.2, 0) is 0 Å². The Labute approximate surface area is 82.8 Å². The highest BCUT2D eigenvalue weighted by Gasteiger charge is 2.16. The second-order valence-electron chi connectivity index (χ2n) is 3.32. The summed E-state index contributed by atoms with van der Waals surface area (Å²) in [5.41, 5.74) is 1.64. The first-order chi connectivity index (χ1) is 6.79. The van der Waals surface area contributed by atoms with Crippen molar-refractivity contribution in [1.82, 2.24) is 0 Å². The largest absolute Gasteiger partial charge is 0.509 e. The zero-order valence-corrected chi connectivity index (χ0v) is 7.72. The molecular weight excluding hydrogens is 176 g/mol. The molecule has 2 heteroatoms. The van der Waals surface area contributed by atoms with Crippen molar-refractivity contribution in [3.05, 3.63) is 53.8 Å². The van der Waals surface area contributed by atoms with Crippen molar-refractivity contribution in [2.75, 3.05) is 0 Å². The molecule has 0 heterocycles. The number of aliphatic hydroxyl groups is 2. The summed E-state index contributed by atoms with van der Waals surface area (Å²) in [6.45, 7) is 0. The van der Waals surface area contributed by atoms with Gasteiger partial charge in [-0.2, -0.15) is 0 Å². The molecule has 0 bridgehead atoms. The van der Waals surface area contributed by atoms with Crippen LogP contribution < -0.4 is 0 Å². The molecule has 1 aromatic carbocycles. The third-order valence-electron chi connectivity index (χ3n) is 2.32. The van der Waals surface area contributed by atoms with Crippen LogP contribution in [0.4, 0.5) is 0 Å². The van der Waals surface area contributed by atoms with E-state index in [0.717, 1.165) is 5.56 Å². The van der Waals surface area contributed by atoms with Gasteiger partial charge >= 0.3 is 0 Å². The highest BCUT2D eigenvalue weighted by atomic mass is 16.3. The Morgan fingerprint density at radius 1 is 1.14 bits per heavy atom. The first-order valence-electron chi connectivity index (χ1n) is 4.62. The van der Waals surface area contributed by atoms with Crippen LogP contribution in [0.5, 0.6) is 0 Å². The molecule has 1 unspecified atom stereocenters. The zero-order valence-electron chi connectivity index (χ0n) is 7.72. The second-order valence-corrected chi connectivity index (χ2v) is 3.32. The van der Waals surface area contributed by atoms with E-state index in [2.05, 4.69) is 0 Å². The van der Waals surface area contributed by atoms with Crippen LogP contribution in [0.3, 0.4) is 0 Å². The molecule has 2 rings (SSSR count). The first-order valence-corrected chi connectivity index (χ1v) is 4.62. The molecule has 72 valence electrons. The van der Waals surface area contributed by atoms with Crippen LogP contribution in [0.1, 0.15) is 12.0 Å². The van der Waals surface area contributed by atoms with E-state index in [9.17, 15) is 10.2 Å². The van der Waals surface area contributed by atoms with E-state index in [-0.39, 0.29) is 5.76 Å². The maximum atomic E-state index is 9.67. The minimum Gasteiger partial charge on any atom is -0.509 e. The van der Waals surface area contributed by atoms with Gasteiger partial charge < -0.3 is 10.2 Å². The molecule has 0 radical (unpaired) electrons. The van der Waals surface area contributed by atoms with Crippen LogP contribution in [0, 0.1) is 0 Å². The average Bonchev–Trinajstić information content (AvgIpc) is 2.23. The van der Waals surface area contributed by atoms with Crippen molar-refractivity contribution in [1.29, 1.82) is 0 Å². The smallest absolute Gasteiger partial charge is 0.129 e. The van der Waals surface area contributed by atoms with Gasteiger partial charge in [0.1, 0.15) is 11.9 Å². The number of hydrogen-bond donors (Lipinski definition) is 2. The van der Waals surface area contributed by atoms with Crippen LogP contribution in [0.15, 0.2) is 48.2 Å². The monoisotopic (exact) mass is 188 g/mol. The SMILES string of the molecule is OC1=C(c2ccccc2)C=CCC1O. The van der Waals surface area contributed by atoms with E-state index in [0.29, 0.717) is 12.0 Å². The molecule has 0 aromatic heterocycles. The fraction of sp³-hybridized carbons (Fsp3) is 0.167. The molecule has 1 aliphatic rings.